The van der Waals surface area contributed by atoms with E-state index in [2.05, 4.69) is 5.32 Å². The molecule has 0 aromatic heterocycles. The zero-order valence-electron chi connectivity index (χ0n) is 12.9. The highest BCUT2D eigenvalue weighted by Gasteiger charge is 2.58. The van der Waals surface area contributed by atoms with Crippen LogP contribution in [0.4, 0.5) is 10.1 Å². The Morgan fingerprint density at radius 2 is 1.67 bits per heavy atom. The number of carbonyl (C=O) groups is 3. The molecule has 0 unspecified atom stereocenters. The van der Waals surface area contributed by atoms with Crippen molar-refractivity contribution in [3.8, 4) is 0 Å². The summed E-state index contributed by atoms with van der Waals surface area (Å²) in [6.45, 7) is 0.0944. The van der Waals surface area contributed by atoms with Crippen LogP contribution in [0.1, 0.15) is 12.8 Å². The summed E-state index contributed by atoms with van der Waals surface area (Å²) in [6, 6.07) is 5.44. The van der Waals surface area contributed by atoms with Crippen molar-refractivity contribution in [3.05, 3.63) is 42.2 Å². The number of nitrogens with one attached hydrogen (secondary N) is 1. The van der Waals surface area contributed by atoms with Gasteiger partial charge in [-0.25, -0.2) is 4.39 Å². The smallest absolute Gasteiger partial charge is 0.233 e. The molecule has 2 fully saturated rings. The minimum Gasteiger partial charge on any atom is -0.326 e. The summed E-state index contributed by atoms with van der Waals surface area (Å²) in [5.41, 5.74) is 0.486. The largest absolute Gasteiger partial charge is 0.326 e. The zero-order chi connectivity index (χ0) is 16.8. The van der Waals surface area contributed by atoms with Crippen molar-refractivity contribution in [2.24, 2.45) is 23.7 Å². The fourth-order valence-corrected chi connectivity index (χ4v) is 4.15. The van der Waals surface area contributed by atoms with Gasteiger partial charge in [-0.3, -0.25) is 19.3 Å². The Labute approximate surface area is 138 Å². The Kier molecular flexibility index (Phi) is 3.48. The predicted octanol–water partition coefficient (Wildman–Crippen LogP) is 1.96. The van der Waals surface area contributed by atoms with Crippen LogP contribution >= 0.6 is 0 Å². The molecule has 1 aliphatic heterocycles. The molecule has 1 N–H and O–H groups in total. The van der Waals surface area contributed by atoms with Gasteiger partial charge >= 0.3 is 0 Å². The number of allylic oxidation sites excluding steroid dienone is 2. The molecule has 2 bridgehead atoms. The van der Waals surface area contributed by atoms with Crippen molar-refractivity contribution >= 4 is 23.4 Å². The third-order valence-corrected chi connectivity index (χ3v) is 5.25. The molecule has 1 saturated heterocycles. The molecule has 0 spiro atoms. The molecule has 1 aromatic carbocycles. The van der Waals surface area contributed by atoms with Crippen LogP contribution in [0.15, 0.2) is 36.4 Å². The summed E-state index contributed by atoms with van der Waals surface area (Å²) in [4.78, 5) is 38.2. The number of halogens is 1. The van der Waals surface area contributed by atoms with Gasteiger partial charge in [-0.05, 0) is 42.5 Å². The van der Waals surface area contributed by atoms with Crippen molar-refractivity contribution in [2.75, 3.05) is 11.9 Å². The molecule has 3 amide bonds. The lowest BCUT2D eigenvalue weighted by Crippen LogP contribution is -2.35. The standard InChI is InChI=1S/C18H17FN2O3/c19-12-3-5-13(6-4-12)20-14(22)7-8-21-17(23)15-10-1-2-11(9-10)16(15)18(21)24/h1-6,10-11,15-16H,7-9H2,(H,20,22)/t10-,11-,15-,16-/m0/s1. The number of benzene rings is 1. The first-order valence-electron chi connectivity index (χ1n) is 8.13. The average Bonchev–Trinajstić information content (AvgIpc) is 3.23. The van der Waals surface area contributed by atoms with E-state index < -0.39 is 0 Å². The first-order chi connectivity index (χ1) is 11.5. The minimum atomic E-state index is -0.379. The molecular formula is C18H17FN2O3. The van der Waals surface area contributed by atoms with E-state index in [4.69, 9.17) is 0 Å². The maximum absolute atomic E-state index is 12.8. The number of rotatable bonds is 4. The first-order valence-corrected chi connectivity index (χ1v) is 8.13. The van der Waals surface area contributed by atoms with E-state index in [0.29, 0.717) is 5.69 Å². The normalized spacial score (nSPS) is 30.1. The van der Waals surface area contributed by atoms with Crippen molar-refractivity contribution in [1.29, 1.82) is 0 Å². The van der Waals surface area contributed by atoms with Gasteiger partial charge in [-0.15, -0.1) is 0 Å². The number of nitrogens with zero attached hydrogens (tertiary/aromatic N) is 1. The summed E-state index contributed by atoms with van der Waals surface area (Å²) in [5, 5.41) is 2.64. The van der Waals surface area contributed by atoms with E-state index in [0.717, 1.165) is 6.42 Å². The quantitative estimate of drug-likeness (QED) is 0.679. The second kappa shape index (κ2) is 5.54. The highest BCUT2D eigenvalue weighted by molar-refractivity contribution is 6.06. The van der Waals surface area contributed by atoms with Crippen molar-refractivity contribution < 1.29 is 18.8 Å². The summed E-state index contributed by atoms with van der Waals surface area (Å²) in [6.07, 6.45) is 5.02. The number of fused-ring (bicyclic) bond motifs is 5. The summed E-state index contributed by atoms with van der Waals surface area (Å²) < 4.78 is 12.8. The lowest BCUT2D eigenvalue weighted by Gasteiger charge is -2.16. The number of carbonyl (C=O) groups excluding carboxylic acids is 3. The monoisotopic (exact) mass is 328 g/mol. The predicted molar refractivity (Wildman–Crippen MR) is 84.1 cm³/mol. The average molecular weight is 328 g/mol. The van der Waals surface area contributed by atoms with E-state index in [1.807, 2.05) is 12.2 Å². The number of imide groups is 1. The van der Waals surface area contributed by atoms with Gasteiger partial charge in [0.2, 0.25) is 17.7 Å². The van der Waals surface area contributed by atoms with Crippen LogP contribution in [0.3, 0.4) is 0 Å². The fourth-order valence-electron chi connectivity index (χ4n) is 4.15. The summed E-state index contributed by atoms with van der Waals surface area (Å²) in [7, 11) is 0. The van der Waals surface area contributed by atoms with Gasteiger partial charge in [0.15, 0.2) is 0 Å². The third kappa shape index (κ3) is 2.33. The minimum absolute atomic E-state index is 0.0387. The Hall–Kier alpha value is -2.50. The van der Waals surface area contributed by atoms with Gasteiger partial charge in [-0.2, -0.15) is 0 Å². The second-order valence-electron chi connectivity index (χ2n) is 6.63. The van der Waals surface area contributed by atoms with Gasteiger partial charge in [0.25, 0.3) is 0 Å². The number of likely N-dealkylation sites (tertiary alicyclic amines) is 1. The van der Waals surface area contributed by atoms with Gasteiger partial charge in [0, 0.05) is 18.7 Å². The molecular weight excluding hydrogens is 311 g/mol. The topological polar surface area (TPSA) is 66.5 Å². The highest BCUT2D eigenvalue weighted by Crippen LogP contribution is 2.52. The molecule has 4 rings (SSSR count). The Morgan fingerprint density at radius 1 is 1.08 bits per heavy atom. The number of anilines is 1. The highest BCUT2D eigenvalue weighted by atomic mass is 19.1. The molecule has 1 aromatic rings. The molecule has 0 radical (unpaired) electrons. The molecule has 4 atom stereocenters. The van der Waals surface area contributed by atoms with E-state index in [9.17, 15) is 18.8 Å². The lowest BCUT2D eigenvalue weighted by atomic mass is 9.85. The maximum Gasteiger partial charge on any atom is 0.233 e. The number of hydrogen-bond donors (Lipinski definition) is 1. The SMILES string of the molecule is O=C(CCN1C(=O)[C@@H]2[C@@H](C1=O)[C@H]1C=C[C@H]2C1)Nc1ccc(F)cc1. The van der Waals surface area contributed by atoms with Crippen molar-refractivity contribution in [3.63, 3.8) is 0 Å². The second-order valence-corrected chi connectivity index (χ2v) is 6.63. The van der Waals surface area contributed by atoms with Gasteiger partial charge < -0.3 is 5.32 Å². The Morgan fingerprint density at radius 3 is 2.25 bits per heavy atom. The van der Waals surface area contributed by atoms with Crippen LogP contribution in [0.25, 0.3) is 0 Å². The van der Waals surface area contributed by atoms with Crippen LogP contribution in [0, 0.1) is 29.5 Å². The Bertz CT molecular complexity index is 713. The van der Waals surface area contributed by atoms with Crippen LogP contribution in [-0.4, -0.2) is 29.2 Å². The van der Waals surface area contributed by atoms with Crippen molar-refractivity contribution in [2.45, 2.75) is 12.8 Å². The third-order valence-electron chi connectivity index (χ3n) is 5.25. The molecule has 2 aliphatic carbocycles. The van der Waals surface area contributed by atoms with Gasteiger partial charge in [0.05, 0.1) is 11.8 Å². The van der Waals surface area contributed by atoms with Crippen LogP contribution in [0.5, 0.6) is 0 Å². The molecule has 24 heavy (non-hydrogen) atoms. The molecule has 3 aliphatic rings. The zero-order valence-corrected chi connectivity index (χ0v) is 12.9. The van der Waals surface area contributed by atoms with Gasteiger partial charge in [-0.1, -0.05) is 12.2 Å². The number of amides is 3. The van der Waals surface area contributed by atoms with Crippen molar-refractivity contribution in [1.82, 2.24) is 4.90 Å². The molecule has 1 saturated carbocycles. The van der Waals surface area contributed by atoms with Crippen LogP contribution in [0.2, 0.25) is 0 Å². The first kappa shape index (κ1) is 15.1. The van der Waals surface area contributed by atoms with Gasteiger partial charge in [0.1, 0.15) is 5.82 Å². The van der Waals surface area contributed by atoms with E-state index in [1.54, 1.807) is 0 Å². The van der Waals surface area contributed by atoms with Crippen LogP contribution < -0.4 is 5.32 Å². The molecule has 124 valence electrons. The molecule has 1 heterocycles. The fraction of sp³-hybridized carbons (Fsp3) is 0.389. The molecule has 6 heteroatoms. The lowest BCUT2D eigenvalue weighted by molar-refractivity contribution is -0.140. The number of hydrogen-bond acceptors (Lipinski definition) is 3. The van der Waals surface area contributed by atoms with E-state index in [-0.39, 0.29) is 60.2 Å². The van der Waals surface area contributed by atoms with Crippen LogP contribution in [-0.2, 0) is 14.4 Å². The summed E-state index contributed by atoms with van der Waals surface area (Å²) in [5.74, 6) is -1.08. The molecule has 5 nitrogen and oxygen atoms in total. The summed E-state index contributed by atoms with van der Waals surface area (Å²) >= 11 is 0. The van der Waals surface area contributed by atoms with E-state index >= 15 is 0 Å². The van der Waals surface area contributed by atoms with E-state index in [1.165, 1.54) is 29.2 Å². The maximum atomic E-state index is 12.8. The Balaban J connectivity index is 1.36.